The average molecular weight is 399 g/mol. The molecule has 8 heteroatoms. The first-order valence-electron chi connectivity index (χ1n) is 9.27. The SMILES string of the molecule is CNS(=O)(=O)c1cccc2c1CCN(S(=O)(=O)CC13CCC(CC1)C3)C2. The number of nitrogens with zero attached hydrogens (tertiary/aromatic N) is 1. The maximum atomic E-state index is 13.1. The molecule has 2 saturated carbocycles. The van der Waals surface area contributed by atoms with Crippen molar-refractivity contribution in [1.29, 1.82) is 0 Å². The topological polar surface area (TPSA) is 83.6 Å². The first kappa shape index (κ1) is 18.4. The molecule has 1 heterocycles. The van der Waals surface area contributed by atoms with Crippen molar-refractivity contribution in [1.82, 2.24) is 9.03 Å². The first-order chi connectivity index (χ1) is 12.2. The molecule has 0 spiro atoms. The van der Waals surface area contributed by atoms with E-state index in [0.29, 0.717) is 13.0 Å². The molecule has 0 aromatic heterocycles. The fraction of sp³-hybridized carbons (Fsp3) is 0.667. The maximum absolute atomic E-state index is 13.1. The fourth-order valence-corrected chi connectivity index (χ4v) is 8.24. The molecule has 0 unspecified atom stereocenters. The van der Waals surface area contributed by atoms with Crippen molar-refractivity contribution < 1.29 is 16.8 Å². The van der Waals surface area contributed by atoms with E-state index in [2.05, 4.69) is 4.72 Å². The summed E-state index contributed by atoms with van der Waals surface area (Å²) in [5, 5.41) is 0. The third-order valence-electron chi connectivity index (χ3n) is 6.52. The molecular formula is C18H26N2O4S2. The number of rotatable bonds is 5. The Morgan fingerprint density at radius 1 is 1.19 bits per heavy atom. The van der Waals surface area contributed by atoms with Gasteiger partial charge in [0.15, 0.2) is 0 Å². The van der Waals surface area contributed by atoms with Crippen molar-refractivity contribution in [3.63, 3.8) is 0 Å². The molecule has 1 N–H and O–H groups in total. The molecule has 6 nitrogen and oxygen atoms in total. The van der Waals surface area contributed by atoms with Crippen LogP contribution in [0.15, 0.2) is 23.1 Å². The highest BCUT2D eigenvalue weighted by atomic mass is 32.2. The third-order valence-corrected chi connectivity index (χ3v) is 10.1. The van der Waals surface area contributed by atoms with Gasteiger partial charge < -0.3 is 0 Å². The van der Waals surface area contributed by atoms with Gasteiger partial charge in [-0.15, -0.1) is 0 Å². The summed E-state index contributed by atoms with van der Waals surface area (Å²) < 4.78 is 54.5. The Morgan fingerprint density at radius 2 is 1.92 bits per heavy atom. The second-order valence-electron chi connectivity index (χ2n) is 8.09. The standard InChI is InChI=1S/C18H26N2O4S2/c1-19-26(23,24)17-4-2-3-15-12-20(10-7-16(15)17)25(21,22)13-18-8-5-14(11-18)6-9-18/h2-4,14,19H,5-13H2,1H3. The van der Waals surface area contributed by atoms with Crippen LogP contribution in [0.5, 0.6) is 0 Å². The predicted molar refractivity (Wildman–Crippen MR) is 99.6 cm³/mol. The van der Waals surface area contributed by atoms with E-state index in [0.717, 1.165) is 36.3 Å². The van der Waals surface area contributed by atoms with Gasteiger partial charge in [-0.3, -0.25) is 0 Å². The van der Waals surface area contributed by atoms with Crippen molar-refractivity contribution in [3.8, 4) is 0 Å². The van der Waals surface area contributed by atoms with Crippen LogP contribution in [0, 0.1) is 11.3 Å². The van der Waals surface area contributed by atoms with Gasteiger partial charge in [0.25, 0.3) is 0 Å². The molecule has 1 aliphatic heterocycles. The smallest absolute Gasteiger partial charge is 0.214 e. The van der Waals surface area contributed by atoms with Gasteiger partial charge in [0.2, 0.25) is 20.0 Å². The largest absolute Gasteiger partial charge is 0.240 e. The number of nitrogens with one attached hydrogen (secondary N) is 1. The average Bonchev–Trinajstić information content (AvgIpc) is 3.20. The number of hydrogen-bond donors (Lipinski definition) is 1. The van der Waals surface area contributed by atoms with Crippen molar-refractivity contribution in [2.75, 3.05) is 19.3 Å². The monoisotopic (exact) mass is 398 g/mol. The maximum Gasteiger partial charge on any atom is 0.240 e. The molecule has 2 aliphatic carbocycles. The minimum Gasteiger partial charge on any atom is -0.214 e. The summed E-state index contributed by atoms with van der Waals surface area (Å²) in [5.74, 6) is 0.974. The molecule has 0 atom stereocenters. The Hall–Kier alpha value is -0.960. The Morgan fingerprint density at radius 3 is 2.54 bits per heavy atom. The zero-order valence-electron chi connectivity index (χ0n) is 15.1. The molecule has 2 fully saturated rings. The van der Waals surface area contributed by atoms with Gasteiger partial charge in [-0.1, -0.05) is 12.1 Å². The minimum atomic E-state index is -3.54. The lowest BCUT2D eigenvalue weighted by Crippen LogP contribution is -2.41. The lowest BCUT2D eigenvalue weighted by Gasteiger charge is -2.33. The minimum absolute atomic E-state index is 0.0128. The molecule has 0 radical (unpaired) electrons. The van der Waals surface area contributed by atoms with E-state index in [1.807, 2.05) is 6.07 Å². The summed E-state index contributed by atoms with van der Waals surface area (Å²) in [6.07, 6.45) is 5.90. The summed E-state index contributed by atoms with van der Waals surface area (Å²) in [6.45, 7) is 0.620. The van der Waals surface area contributed by atoms with Crippen LogP contribution in [-0.4, -0.2) is 40.5 Å². The van der Waals surface area contributed by atoms with Gasteiger partial charge in [0.1, 0.15) is 0 Å². The first-order valence-corrected chi connectivity index (χ1v) is 12.4. The molecule has 26 heavy (non-hydrogen) atoms. The highest BCUT2D eigenvalue weighted by molar-refractivity contribution is 7.89. The molecule has 0 saturated heterocycles. The number of sulfonamides is 2. The van der Waals surface area contributed by atoms with Gasteiger partial charge >= 0.3 is 0 Å². The van der Waals surface area contributed by atoms with Gasteiger partial charge in [0.05, 0.1) is 10.6 Å². The van der Waals surface area contributed by atoms with Crippen molar-refractivity contribution >= 4 is 20.0 Å². The normalized spacial score (nSPS) is 29.0. The lowest BCUT2D eigenvalue weighted by molar-refractivity contribution is 0.317. The second-order valence-corrected chi connectivity index (χ2v) is 11.9. The molecule has 1 aromatic carbocycles. The van der Waals surface area contributed by atoms with E-state index < -0.39 is 20.0 Å². The molecule has 144 valence electrons. The highest BCUT2D eigenvalue weighted by Crippen LogP contribution is 2.54. The molecule has 0 amide bonds. The van der Waals surface area contributed by atoms with Crippen LogP contribution in [0.2, 0.25) is 0 Å². The van der Waals surface area contributed by atoms with E-state index in [4.69, 9.17) is 0 Å². The summed E-state index contributed by atoms with van der Waals surface area (Å²) in [4.78, 5) is 0.266. The van der Waals surface area contributed by atoms with Crippen molar-refractivity contribution in [2.24, 2.45) is 11.3 Å². The van der Waals surface area contributed by atoms with Crippen LogP contribution in [0.4, 0.5) is 0 Å². The lowest BCUT2D eigenvalue weighted by atomic mass is 9.87. The van der Waals surface area contributed by atoms with E-state index >= 15 is 0 Å². The molecule has 3 aliphatic rings. The van der Waals surface area contributed by atoms with E-state index in [1.54, 1.807) is 16.4 Å². The van der Waals surface area contributed by atoms with Crippen LogP contribution in [0.1, 0.15) is 43.2 Å². The summed E-state index contributed by atoms with van der Waals surface area (Å²) >= 11 is 0. The zero-order chi connectivity index (χ0) is 18.6. The van der Waals surface area contributed by atoms with Crippen LogP contribution >= 0.6 is 0 Å². The summed E-state index contributed by atoms with van der Waals surface area (Å²) in [7, 11) is -5.48. The Kier molecular flexibility index (Phi) is 4.45. The van der Waals surface area contributed by atoms with E-state index in [1.165, 1.54) is 19.9 Å². The summed E-state index contributed by atoms with van der Waals surface area (Å²) in [5.41, 5.74) is 1.53. The number of hydrogen-bond acceptors (Lipinski definition) is 4. The molecular weight excluding hydrogens is 372 g/mol. The van der Waals surface area contributed by atoms with E-state index in [-0.39, 0.29) is 22.6 Å². The van der Waals surface area contributed by atoms with Gasteiger partial charge in [-0.05, 0) is 74.1 Å². The van der Waals surface area contributed by atoms with Crippen LogP contribution < -0.4 is 4.72 Å². The highest BCUT2D eigenvalue weighted by Gasteiger charge is 2.48. The number of benzene rings is 1. The Balaban J connectivity index is 1.58. The molecule has 1 aromatic rings. The second kappa shape index (κ2) is 6.29. The zero-order valence-corrected chi connectivity index (χ0v) is 16.7. The third kappa shape index (κ3) is 3.10. The predicted octanol–water partition coefficient (Wildman–Crippen LogP) is 1.86. The number of fused-ring (bicyclic) bond motifs is 3. The van der Waals surface area contributed by atoms with Gasteiger partial charge in [0, 0.05) is 13.1 Å². The van der Waals surface area contributed by atoms with E-state index in [9.17, 15) is 16.8 Å². The van der Waals surface area contributed by atoms with Gasteiger partial charge in [-0.2, -0.15) is 4.31 Å². The molecule has 2 bridgehead atoms. The van der Waals surface area contributed by atoms with Crippen LogP contribution in [-0.2, 0) is 33.0 Å². The van der Waals surface area contributed by atoms with Crippen LogP contribution in [0.25, 0.3) is 0 Å². The van der Waals surface area contributed by atoms with Gasteiger partial charge in [-0.25, -0.2) is 21.6 Å². The molecule has 4 rings (SSSR count). The Bertz CT molecular complexity index is 917. The van der Waals surface area contributed by atoms with Crippen LogP contribution in [0.3, 0.4) is 0 Å². The fourth-order valence-electron chi connectivity index (χ4n) is 5.14. The summed E-state index contributed by atoms with van der Waals surface area (Å²) in [6, 6.07) is 5.12. The van der Waals surface area contributed by atoms with Crippen molar-refractivity contribution in [2.45, 2.75) is 50.0 Å². The van der Waals surface area contributed by atoms with Crippen molar-refractivity contribution in [3.05, 3.63) is 29.3 Å². The Labute approximate surface area is 156 Å². The quantitative estimate of drug-likeness (QED) is 0.821.